The van der Waals surface area contributed by atoms with Crippen molar-refractivity contribution in [2.24, 2.45) is 0 Å². The fourth-order valence-electron chi connectivity index (χ4n) is 2.40. The van der Waals surface area contributed by atoms with E-state index in [0.717, 1.165) is 0 Å². The van der Waals surface area contributed by atoms with Crippen molar-refractivity contribution in [2.45, 2.75) is 13.8 Å². The fraction of sp³-hybridized carbons (Fsp3) is 0.105. The Kier molecular flexibility index (Phi) is 6.98. The van der Waals surface area contributed by atoms with Gasteiger partial charge in [-0.2, -0.15) is 0 Å². The molecule has 144 valence electrons. The second kappa shape index (κ2) is 9.03. The first-order valence-electron chi connectivity index (χ1n) is 7.90. The standard InChI is InChI=1S/C19H14Br2N2O5/c1-11(13-5-3-7-15(9-13)22(25)26)17(20)19(24)18(21)12(2)14-6-4-8-16(10-14)23(27)28/h3-10H,1-2H3. The van der Waals surface area contributed by atoms with Crippen molar-refractivity contribution < 1.29 is 14.6 Å². The van der Waals surface area contributed by atoms with E-state index in [9.17, 15) is 25.0 Å². The molecule has 28 heavy (non-hydrogen) atoms. The minimum Gasteiger partial charge on any atom is -0.287 e. The van der Waals surface area contributed by atoms with Crippen LogP contribution in [0.2, 0.25) is 0 Å². The Bertz CT molecular complexity index is 963. The van der Waals surface area contributed by atoms with E-state index in [0.29, 0.717) is 22.3 Å². The van der Waals surface area contributed by atoms with Crippen LogP contribution in [-0.2, 0) is 4.79 Å². The topological polar surface area (TPSA) is 103 Å². The number of nitro groups is 2. The Hall–Kier alpha value is -2.65. The molecular weight excluding hydrogens is 496 g/mol. The molecule has 0 bridgehead atoms. The highest BCUT2D eigenvalue weighted by molar-refractivity contribution is 9.13. The SMILES string of the molecule is CC(=C(Br)C(=O)C(Br)=C(C)c1cccc([N+](=O)[O-])c1)c1cccc([N+](=O)[O-])c1. The third kappa shape index (κ3) is 4.79. The lowest BCUT2D eigenvalue weighted by Gasteiger charge is -2.09. The molecule has 2 aromatic carbocycles. The molecular formula is C19H14Br2N2O5. The van der Waals surface area contributed by atoms with Crippen LogP contribution in [0.25, 0.3) is 11.1 Å². The summed E-state index contributed by atoms with van der Waals surface area (Å²) >= 11 is 6.55. The van der Waals surface area contributed by atoms with E-state index in [1.807, 2.05) is 0 Å². The zero-order valence-electron chi connectivity index (χ0n) is 14.8. The number of carbonyl (C=O) groups is 1. The first-order chi connectivity index (χ1) is 13.1. The van der Waals surface area contributed by atoms with Crippen LogP contribution in [0, 0.1) is 20.2 Å². The van der Waals surface area contributed by atoms with Crippen LogP contribution in [0.5, 0.6) is 0 Å². The van der Waals surface area contributed by atoms with Crippen LogP contribution in [0.3, 0.4) is 0 Å². The molecule has 0 aliphatic carbocycles. The summed E-state index contributed by atoms with van der Waals surface area (Å²) in [6, 6.07) is 11.9. The molecule has 2 aromatic rings. The maximum Gasteiger partial charge on any atom is 0.270 e. The second-order valence-electron chi connectivity index (χ2n) is 5.82. The largest absolute Gasteiger partial charge is 0.287 e. The molecule has 0 fully saturated rings. The van der Waals surface area contributed by atoms with Crippen molar-refractivity contribution >= 4 is 60.2 Å². The van der Waals surface area contributed by atoms with Gasteiger partial charge in [-0.15, -0.1) is 0 Å². The van der Waals surface area contributed by atoms with Gasteiger partial charge in [0.15, 0.2) is 0 Å². The Labute approximate surface area is 177 Å². The van der Waals surface area contributed by atoms with Gasteiger partial charge in [-0.3, -0.25) is 25.0 Å². The molecule has 0 unspecified atom stereocenters. The molecule has 0 aliphatic rings. The molecule has 9 heteroatoms. The average Bonchev–Trinajstić information content (AvgIpc) is 2.71. The van der Waals surface area contributed by atoms with Gasteiger partial charge in [0.25, 0.3) is 11.4 Å². The number of Topliss-reactive ketones (excluding diaryl/α,β-unsaturated/α-hetero) is 1. The van der Waals surface area contributed by atoms with Gasteiger partial charge < -0.3 is 0 Å². The Morgan fingerprint density at radius 1 is 0.786 bits per heavy atom. The monoisotopic (exact) mass is 508 g/mol. The van der Waals surface area contributed by atoms with E-state index in [1.54, 1.807) is 38.1 Å². The van der Waals surface area contributed by atoms with E-state index < -0.39 is 9.85 Å². The van der Waals surface area contributed by atoms with Crippen LogP contribution in [0.15, 0.2) is 57.5 Å². The number of non-ortho nitro benzene ring substituents is 2. The van der Waals surface area contributed by atoms with Crippen molar-refractivity contribution in [1.29, 1.82) is 0 Å². The van der Waals surface area contributed by atoms with Crippen molar-refractivity contribution in [3.05, 3.63) is 88.9 Å². The molecule has 0 saturated heterocycles. The lowest BCUT2D eigenvalue weighted by molar-refractivity contribution is -0.385. The van der Waals surface area contributed by atoms with Gasteiger partial charge in [0.05, 0.1) is 18.8 Å². The summed E-state index contributed by atoms with van der Waals surface area (Å²) in [5.41, 5.74) is 1.96. The number of ketones is 1. The zero-order chi connectivity index (χ0) is 21.0. The predicted molar refractivity (Wildman–Crippen MR) is 114 cm³/mol. The average molecular weight is 510 g/mol. The van der Waals surface area contributed by atoms with Crippen molar-refractivity contribution in [2.75, 3.05) is 0 Å². The quantitative estimate of drug-likeness (QED) is 0.269. The molecule has 2 rings (SSSR count). The zero-order valence-corrected chi connectivity index (χ0v) is 18.0. The number of benzene rings is 2. The van der Waals surface area contributed by atoms with Crippen LogP contribution < -0.4 is 0 Å². The van der Waals surface area contributed by atoms with Crippen LogP contribution >= 0.6 is 31.9 Å². The molecule has 0 aliphatic heterocycles. The fourth-order valence-corrected chi connectivity index (χ4v) is 3.52. The van der Waals surface area contributed by atoms with E-state index in [2.05, 4.69) is 31.9 Å². The number of rotatable bonds is 6. The van der Waals surface area contributed by atoms with Gasteiger partial charge >= 0.3 is 0 Å². The third-order valence-electron chi connectivity index (χ3n) is 4.04. The Morgan fingerprint density at radius 3 is 1.46 bits per heavy atom. The maximum absolute atomic E-state index is 12.8. The Morgan fingerprint density at radius 2 is 1.14 bits per heavy atom. The summed E-state index contributed by atoms with van der Waals surface area (Å²) < 4.78 is 0.453. The van der Waals surface area contributed by atoms with Gasteiger partial charge in [0.2, 0.25) is 5.78 Å². The lowest BCUT2D eigenvalue weighted by Crippen LogP contribution is -2.02. The van der Waals surface area contributed by atoms with Gasteiger partial charge in [0.1, 0.15) is 0 Å². The summed E-state index contributed by atoms with van der Waals surface area (Å²) in [4.78, 5) is 33.7. The summed E-state index contributed by atoms with van der Waals surface area (Å²) in [6.45, 7) is 3.34. The Balaban J connectivity index is 2.45. The normalized spacial score (nSPS) is 12.7. The molecule has 0 atom stereocenters. The van der Waals surface area contributed by atoms with Crippen LogP contribution in [0.4, 0.5) is 11.4 Å². The van der Waals surface area contributed by atoms with E-state index in [-0.39, 0.29) is 26.1 Å². The minimum absolute atomic E-state index is 0.0769. The van der Waals surface area contributed by atoms with E-state index in [4.69, 9.17) is 0 Å². The van der Waals surface area contributed by atoms with E-state index in [1.165, 1.54) is 24.3 Å². The van der Waals surface area contributed by atoms with E-state index >= 15 is 0 Å². The molecule has 0 N–H and O–H groups in total. The molecule has 0 spiro atoms. The minimum atomic E-state index is -0.505. The first-order valence-corrected chi connectivity index (χ1v) is 9.49. The summed E-state index contributed by atoms with van der Waals surface area (Å²) in [7, 11) is 0. The van der Waals surface area contributed by atoms with Crippen molar-refractivity contribution in [3.8, 4) is 0 Å². The molecule has 0 aromatic heterocycles. The predicted octanol–water partition coefficient (Wildman–Crippen LogP) is 6.02. The number of hydrogen-bond acceptors (Lipinski definition) is 5. The van der Waals surface area contributed by atoms with Gasteiger partial charge in [0, 0.05) is 24.3 Å². The summed E-state index contributed by atoms with van der Waals surface area (Å²) in [5.74, 6) is -0.381. The number of carbonyl (C=O) groups excluding carboxylic acids is 1. The van der Waals surface area contributed by atoms with Crippen LogP contribution in [-0.4, -0.2) is 15.6 Å². The molecule has 7 nitrogen and oxygen atoms in total. The first kappa shape index (κ1) is 21.6. The summed E-state index contributed by atoms with van der Waals surface area (Å²) in [5, 5.41) is 21.9. The maximum atomic E-state index is 12.8. The van der Waals surface area contributed by atoms with Crippen molar-refractivity contribution in [1.82, 2.24) is 0 Å². The number of hydrogen-bond donors (Lipinski definition) is 0. The molecule has 0 heterocycles. The van der Waals surface area contributed by atoms with Gasteiger partial charge in [-0.1, -0.05) is 24.3 Å². The second-order valence-corrected chi connectivity index (χ2v) is 7.41. The highest BCUT2D eigenvalue weighted by Gasteiger charge is 2.19. The smallest absolute Gasteiger partial charge is 0.270 e. The number of allylic oxidation sites excluding steroid dienone is 4. The summed E-state index contributed by atoms with van der Waals surface area (Å²) in [6.07, 6.45) is 0. The number of nitrogens with zero attached hydrogens (tertiary/aromatic N) is 2. The van der Waals surface area contributed by atoms with Gasteiger partial charge in [-0.05, 0) is 68.0 Å². The van der Waals surface area contributed by atoms with Gasteiger partial charge in [-0.25, -0.2) is 0 Å². The van der Waals surface area contributed by atoms with Crippen molar-refractivity contribution in [3.63, 3.8) is 0 Å². The number of nitro benzene ring substituents is 2. The lowest BCUT2D eigenvalue weighted by atomic mass is 10.0. The number of halogens is 2. The van der Waals surface area contributed by atoms with Crippen LogP contribution in [0.1, 0.15) is 25.0 Å². The highest BCUT2D eigenvalue weighted by atomic mass is 79.9. The molecule has 0 saturated carbocycles. The third-order valence-corrected chi connectivity index (χ3v) is 5.95. The highest BCUT2D eigenvalue weighted by Crippen LogP contribution is 2.32. The molecule has 0 radical (unpaired) electrons. The molecule has 0 amide bonds.